The van der Waals surface area contributed by atoms with Crippen LogP contribution in [0, 0.1) is 0 Å². The van der Waals surface area contributed by atoms with Crippen LogP contribution in [0.1, 0.15) is 49.9 Å². The van der Waals surface area contributed by atoms with Crippen molar-refractivity contribution in [1.29, 1.82) is 0 Å². The maximum Gasteiger partial charge on any atom is 0.319 e. The standard InChI is InChI=1S/C18H26N4O3/c1-12(2)20-18(25)21-14-7-5-6-13(10-14)17(24)22-9-4-3-8-15(22)11-16(19)23/h5-7,10,12,15H,3-4,8-9,11H2,1-2H3,(H2,19,23)(H2,20,21,25). The van der Waals surface area contributed by atoms with Gasteiger partial charge in [0, 0.05) is 36.3 Å². The summed E-state index contributed by atoms with van der Waals surface area (Å²) in [5, 5.41) is 5.46. The van der Waals surface area contributed by atoms with Crippen LogP contribution in [0.5, 0.6) is 0 Å². The Morgan fingerprint density at radius 3 is 2.72 bits per heavy atom. The molecule has 1 aromatic carbocycles. The van der Waals surface area contributed by atoms with Gasteiger partial charge in [0.2, 0.25) is 5.91 Å². The van der Waals surface area contributed by atoms with Crippen LogP contribution < -0.4 is 16.4 Å². The maximum absolute atomic E-state index is 12.9. The van der Waals surface area contributed by atoms with Crippen LogP contribution >= 0.6 is 0 Å². The molecule has 0 aliphatic carbocycles. The molecule has 4 amide bonds. The van der Waals surface area contributed by atoms with Crippen LogP contribution in [0.25, 0.3) is 0 Å². The number of hydrogen-bond donors (Lipinski definition) is 3. The van der Waals surface area contributed by atoms with E-state index >= 15 is 0 Å². The van der Waals surface area contributed by atoms with Crippen molar-refractivity contribution in [2.75, 3.05) is 11.9 Å². The van der Waals surface area contributed by atoms with Gasteiger partial charge in [-0.3, -0.25) is 9.59 Å². The van der Waals surface area contributed by atoms with Crippen molar-refractivity contribution in [1.82, 2.24) is 10.2 Å². The van der Waals surface area contributed by atoms with Crippen LogP contribution in [0.4, 0.5) is 10.5 Å². The summed E-state index contributed by atoms with van der Waals surface area (Å²) in [5.41, 5.74) is 6.35. The first-order valence-electron chi connectivity index (χ1n) is 8.63. The fraction of sp³-hybridized carbons (Fsp3) is 0.500. The van der Waals surface area contributed by atoms with Gasteiger partial charge < -0.3 is 21.3 Å². The highest BCUT2D eigenvalue weighted by Gasteiger charge is 2.28. The number of urea groups is 1. The molecule has 1 unspecified atom stereocenters. The molecule has 0 bridgehead atoms. The molecular formula is C18H26N4O3. The molecule has 2 rings (SSSR count). The van der Waals surface area contributed by atoms with Gasteiger partial charge in [0.25, 0.3) is 5.91 Å². The van der Waals surface area contributed by atoms with E-state index in [4.69, 9.17) is 5.73 Å². The van der Waals surface area contributed by atoms with Crippen LogP contribution in [0.3, 0.4) is 0 Å². The second kappa shape index (κ2) is 8.50. The van der Waals surface area contributed by atoms with E-state index in [1.54, 1.807) is 29.2 Å². The van der Waals surface area contributed by atoms with E-state index < -0.39 is 5.91 Å². The lowest BCUT2D eigenvalue weighted by atomic mass is 9.98. The van der Waals surface area contributed by atoms with Crippen molar-refractivity contribution >= 4 is 23.5 Å². The molecule has 4 N–H and O–H groups in total. The van der Waals surface area contributed by atoms with E-state index in [0.717, 1.165) is 19.3 Å². The normalized spacial score (nSPS) is 17.2. The second-order valence-corrected chi connectivity index (χ2v) is 6.65. The molecule has 1 aliphatic heterocycles. The lowest BCUT2D eigenvalue weighted by Crippen LogP contribution is -2.45. The number of benzene rings is 1. The Morgan fingerprint density at radius 2 is 2.04 bits per heavy atom. The van der Waals surface area contributed by atoms with Gasteiger partial charge in [-0.15, -0.1) is 0 Å². The average molecular weight is 346 g/mol. The lowest BCUT2D eigenvalue weighted by molar-refractivity contribution is -0.119. The van der Waals surface area contributed by atoms with E-state index in [1.165, 1.54) is 0 Å². The van der Waals surface area contributed by atoms with E-state index in [2.05, 4.69) is 10.6 Å². The number of amides is 4. The van der Waals surface area contributed by atoms with Crippen LogP contribution in [0.2, 0.25) is 0 Å². The first-order valence-corrected chi connectivity index (χ1v) is 8.63. The largest absolute Gasteiger partial charge is 0.370 e. The van der Waals surface area contributed by atoms with Crippen molar-refractivity contribution in [3.05, 3.63) is 29.8 Å². The third-order valence-electron chi connectivity index (χ3n) is 4.11. The minimum Gasteiger partial charge on any atom is -0.370 e. The fourth-order valence-corrected chi connectivity index (χ4v) is 3.04. The quantitative estimate of drug-likeness (QED) is 0.760. The van der Waals surface area contributed by atoms with E-state index in [1.807, 2.05) is 13.8 Å². The smallest absolute Gasteiger partial charge is 0.319 e. The fourth-order valence-electron chi connectivity index (χ4n) is 3.04. The number of hydrogen-bond acceptors (Lipinski definition) is 3. The highest BCUT2D eigenvalue weighted by molar-refractivity contribution is 5.97. The molecule has 136 valence electrons. The monoisotopic (exact) mass is 346 g/mol. The van der Waals surface area contributed by atoms with Crippen molar-refractivity contribution in [2.24, 2.45) is 5.73 Å². The lowest BCUT2D eigenvalue weighted by Gasteiger charge is -2.35. The zero-order chi connectivity index (χ0) is 18.4. The Kier molecular flexibility index (Phi) is 6.38. The summed E-state index contributed by atoms with van der Waals surface area (Å²) in [5.74, 6) is -0.538. The van der Waals surface area contributed by atoms with Gasteiger partial charge in [-0.25, -0.2) is 4.79 Å². The molecule has 0 radical (unpaired) electrons. The molecule has 25 heavy (non-hydrogen) atoms. The zero-order valence-electron chi connectivity index (χ0n) is 14.7. The molecule has 7 heteroatoms. The Bertz CT molecular complexity index is 645. The SMILES string of the molecule is CC(C)NC(=O)Nc1cccc(C(=O)N2CCCCC2CC(N)=O)c1. The minimum atomic E-state index is -0.398. The zero-order valence-corrected chi connectivity index (χ0v) is 14.7. The number of rotatable bonds is 5. The molecule has 1 aromatic rings. The molecule has 0 saturated carbocycles. The first kappa shape index (κ1) is 18.8. The van der Waals surface area contributed by atoms with Crippen LogP contribution in [0.15, 0.2) is 24.3 Å². The number of piperidine rings is 1. The van der Waals surface area contributed by atoms with Gasteiger partial charge in [0.05, 0.1) is 0 Å². The Labute approximate surface area is 147 Å². The number of likely N-dealkylation sites (tertiary alicyclic amines) is 1. The molecule has 1 fully saturated rings. The predicted octanol–water partition coefficient (Wildman–Crippen LogP) is 2.09. The van der Waals surface area contributed by atoms with Crippen molar-refractivity contribution < 1.29 is 14.4 Å². The number of nitrogens with zero attached hydrogens (tertiary/aromatic N) is 1. The summed E-state index contributed by atoms with van der Waals surface area (Å²) in [6, 6.07) is 6.37. The molecule has 1 aliphatic rings. The third kappa shape index (κ3) is 5.48. The topological polar surface area (TPSA) is 105 Å². The molecule has 7 nitrogen and oxygen atoms in total. The highest BCUT2D eigenvalue weighted by atomic mass is 16.2. The first-order chi connectivity index (χ1) is 11.9. The molecule has 1 heterocycles. The number of anilines is 1. The maximum atomic E-state index is 12.9. The number of primary amides is 1. The molecule has 0 aromatic heterocycles. The summed E-state index contributed by atoms with van der Waals surface area (Å²) in [4.78, 5) is 37.7. The van der Waals surface area contributed by atoms with Gasteiger partial charge >= 0.3 is 6.03 Å². The highest BCUT2D eigenvalue weighted by Crippen LogP contribution is 2.23. The number of nitrogens with one attached hydrogen (secondary N) is 2. The van der Waals surface area contributed by atoms with E-state index in [9.17, 15) is 14.4 Å². The number of carbonyl (C=O) groups is 3. The average Bonchev–Trinajstić information content (AvgIpc) is 2.53. The summed E-state index contributed by atoms with van der Waals surface area (Å²) >= 11 is 0. The van der Waals surface area contributed by atoms with E-state index in [-0.39, 0.29) is 30.4 Å². The summed E-state index contributed by atoms with van der Waals surface area (Å²) in [6.07, 6.45) is 2.86. The minimum absolute atomic E-state index is 0.0210. The molecule has 0 spiro atoms. The number of nitrogens with two attached hydrogens (primary N) is 1. The number of carbonyl (C=O) groups excluding carboxylic acids is 3. The summed E-state index contributed by atoms with van der Waals surface area (Å²) in [6.45, 7) is 4.35. The van der Waals surface area contributed by atoms with Crippen molar-refractivity contribution in [3.63, 3.8) is 0 Å². The summed E-state index contributed by atoms with van der Waals surface area (Å²) in [7, 11) is 0. The Balaban J connectivity index is 2.11. The Hall–Kier alpha value is -2.57. The Morgan fingerprint density at radius 1 is 1.28 bits per heavy atom. The van der Waals surface area contributed by atoms with Gasteiger partial charge in [-0.2, -0.15) is 0 Å². The molecular weight excluding hydrogens is 320 g/mol. The summed E-state index contributed by atoms with van der Waals surface area (Å²) < 4.78 is 0. The van der Waals surface area contributed by atoms with Gasteiger partial charge in [-0.1, -0.05) is 6.07 Å². The molecule has 1 saturated heterocycles. The predicted molar refractivity (Wildman–Crippen MR) is 96.2 cm³/mol. The van der Waals surface area contributed by atoms with Gasteiger partial charge in [-0.05, 0) is 51.3 Å². The van der Waals surface area contributed by atoms with Crippen LogP contribution in [-0.4, -0.2) is 41.4 Å². The third-order valence-corrected chi connectivity index (χ3v) is 4.11. The second-order valence-electron chi connectivity index (χ2n) is 6.65. The van der Waals surface area contributed by atoms with Gasteiger partial charge in [0.1, 0.15) is 0 Å². The van der Waals surface area contributed by atoms with Crippen molar-refractivity contribution in [3.8, 4) is 0 Å². The van der Waals surface area contributed by atoms with Gasteiger partial charge in [0.15, 0.2) is 0 Å². The van der Waals surface area contributed by atoms with E-state index in [0.29, 0.717) is 17.8 Å². The van der Waals surface area contributed by atoms with Crippen LogP contribution in [-0.2, 0) is 4.79 Å². The molecule has 1 atom stereocenters. The van der Waals surface area contributed by atoms with Crippen molar-refractivity contribution in [2.45, 2.75) is 51.6 Å².